The number of rotatable bonds is 8. The highest BCUT2D eigenvalue weighted by Gasteiger charge is 2.11. The zero-order chi connectivity index (χ0) is 13.4. The van der Waals surface area contributed by atoms with Gasteiger partial charge in [0.2, 0.25) is 0 Å². The van der Waals surface area contributed by atoms with Crippen molar-refractivity contribution in [1.29, 1.82) is 0 Å². The van der Waals surface area contributed by atoms with Crippen molar-refractivity contribution in [3.8, 4) is 0 Å². The zero-order valence-electron chi connectivity index (χ0n) is 11.1. The topological polar surface area (TPSA) is 52.5 Å². The first-order valence-corrected chi connectivity index (χ1v) is 7.49. The van der Waals surface area contributed by atoms with Gasteiger partial charge in [-0.25, -0.2) is 0 Å². The third kappa shape index (κ3) is 5.40. The van der Waals surface area contributed by atoms with Gasteiger partial charge < -0.3 is 15.5 Å². The summed E-state index contributed by atoms with van der Waals surface area (Å²) in [5.41, 5.74) is 2.54. The number of thioether (sulfide) groups is 1. The molecule has 0 bridgehead atoms. The molecule has 0 aliphatic heterocycles. The number of aliphatic hydroxyl groups is 2. The van der Waals surface area contributed by atoms with Crippen LogP contribution in [0.1, 0.15) is 24.1 Å². The van der Waals surface area contributed by atoms with Gasteiger partial charge in [0.05, 0.1) is 12.7 Å². The van der Waals surface area contributed by atoms with Crippen molar-refractivity contribution in [1.82, 2.24) is 5.32 Å². The highest BCUT2D eigenvalue weighted by Crippen LogP contribution is 2.19. The number of aryl methyl sites for hydroxylation is 1. The van der Waals surface area contributed by atoms with E-state index in [-0.39, 0.29) is 6.61 Å². The normalized spacial score (nSPS) is 14.4. The SMILES string of the molecule is CCNC(CSCC(O)CO)c1cccc(C)c1. The summed E-state index contributed by atoms with van der Waals surface area (Å²) in [5.74, 6) is 1.47. The molecule has 0 spiro atoms. The summed E-state index contributed by atoms with van der Waals surface area (Å²) >= 11 is 1.66. The molecule has 102 valence electrons. The lowest BCUT2D eigenvalue weighted by atomic mass is 10.1. The van der Waals surface area contributed by atoms with Crippen LogP contribution >= 0.6 is 11.8 Å². The summed E-state index contributed by atoms with van der Waals surface area (Å²) in [5, 5.41) is 21.6. The Kier molecular flexibility index (Phi) is 7.35. The quantitative estimate of drug-likeness (QED) is 0.673. The Morgan fingerprint density at radius 2 is 2.11 bits per heavy atom. The summed E-state index contributed by atoms with van der Waals surface area (Å²) in [6.45, 7) is 4.94. The second-order valence-electron chi connectivity index (χ2n) is 4.40. The van der Waals surface area contributed by atoms with Gasteiger partial charge in [0.15, 0.2) is 0 Å². The van der Waals surface area contributed by atoms with E-state index in [1.54, 1.807) is 11.8 Å². The predicted octanol–water partition coefficient (Wildman–Crippen LogP) is 1.73. The van der Waals surface area contributed by atoms with E-state index < -0.39 is 6.10 Å². The maximum absolute atomic E-state index is 9.32. The van der Waals surface area contributed by atoms with Gasteiger partial charge in [0, 0.05) is 17.5 Å². The molecular formula is C14H23NO2S. The van der Waals surface area contributed by atoms with Crippen LogP contribution in [0.4, 0.5) is 0 Å². The molecule has 1 aromatic carbocycles. The van der Waals surface area contributed by atoms with Crippen LogP contribution in [0, 0.1) is 6.92 Å². The van der Waals surface area contributed by atoms with E-state index in [9.17, 15) is 5.11 Å². The highest BCUT2D eigenvalue weighted by atomic mass is 32.2. The van der Waals surface area contributed by atoms with Crippen LogP contribution in [0.3, 0.4) is 0 Å². The van der Waals surface area contributed by atoms with Crippen molar-refractivity contribution < 1.29 is 10.2 Å². The largest absolute Gasteiger partial charge is 0.394 e. The molecule has 0 fully saturated rings. The minimum atomic E-state index is -0.616. The van der Waals surface area contributed by atoms with E-state index in [2.05, 4.69) is 43.4 Å². The van der Waals surface area contributed by atoms with Crippen LogP contribution in [0.5, 0.6) is 0 Å². The molecule has 3 nitrogen and oxygen atoms in total. The van der Waals surface area contributed by atoms with Crippen LogP contribution < -0.4 is 5.32 Å². The van der Waals surface area contributed by atoms with Gasteiger partial charge in [0.1, 0.15) is 0 Å². The van der Waals surface area contributed by atoms with Gasteiger partial charge in [-0.1, -0.05) is 36.8 Å². The summed E-state index contributed by atoms with van der Waals surface area (Å²) in [6.07, 6.45) is -0.616. The lowest BCUT2D eigenvalue weighted by Crippen LogP contribution is -2.24. The van der Waals surface area contributed by atoms with E-state index in [1.165, 1.54) is 11.1 Å². The van der Waals surface area contributed by atoms with Crippen LogP contribution in [0.25, 0.3) is 0 Å². The van der Waals surface area contributed by atoms with Gasteiger partial charge in [-0.15, -0.1) is 0 Å². The van der Waals surface area contributed by atoms with Crippen molar-refractivity contribution >= 4 is 11.8 Å². The monoisotopic (exact) mass is 269 g/mol. The maximum Gasteiger partial charge on any atom is 0.0861 e. The Hall–Kier alpha value is -0.550. The maximum atomic E-state index is 9.32. The minimum Gasteiger partial charge on any atom is -0.394 e. The number of aliphatic hydroxyl groups excluding tert-OH is 2. The van der Waals surface area contributed by atoms with Crippen LogP contribution in [-0.4, -0.2) is 41.0 Å². The van der Waals surface area contributed by atoms with E-state index in [4.69, 9.17) is 5.11 Å². The molecule has 0 heterocycles. The standard InChI is InChI=1S/C14H23NO2S/c1-3-15-14(10-18-9-13(17)8-16)12-6-4-5-11(2)7-12/h4-7,13-17H,3,8-10H2,1-2H3. The summed E-state index contributed by atoms with van der Waals surface area (Å²) in [7, 11) is 0. The van der Waals surface area contributed by atoms with Gasteiger partial charge >= 0.3 is 0 Å². The third-order valence-electron chi connectivity index (χ3n) is 2.70. The number of benzene rings is 1. The molecule has 1 rings (SSSR count). The molecule has 1 aromatic rings. The van der Waals surface area contributed by atoms with Crippen molar-refractivity contribution in [3.05, 3.63) is 35.4 Å². The summed E-state index contributed by atoms with van der Waals surface area (Å²) in [6, 6.07) is 8.78. The fourth-order valence-corrected chi connectivity index (χ4v) is 2.84. The highest BCUT2D eigenvalue weighted by molar-refractivity contribution is 7.99. The number of nitrogens with one attached hydrogen (secondary N) is 1. The Bertz CT molecular complexity index is 346. The second-order valence-corrected chi connectivity index (χ2v) is 5.47. The van der Waals surface area contributed by atoms with E-state index >= 15 is 0 Å². The fourth-order valence-electron chi connectivity index (χ4n) is 1.78. The Balaban J connectivity index is 2.54. The van der Waals surface area contributed by atoms with Crippen LogP contribution in [0.2, 0.25) is 0 Å². The first-order valence-electron chi connectivity index (χ1n) is 6.34. The van der Waals surface area contributed by atoms with Crippen molar-refractivity contribution in [3.63, 3.8) is 0 Å². The van der Waals surface area contributed by atoms with Gasteiger partial charge in [-0.05, 0) is 19.0 Å². The molecule has 3 N–H and O–H groups in total. The number of hydrogen-bond acceptors (Lipinski definition) is 4. The number of hydrogen-bond donors (Lipinski definition) is 3. The molecule has 0 radical (unpaired) electrons. The zero-order valence-corrected chi connectivity index (χ0v) is 11.9. The van der Waals surface area contributed by atoms with Gasteiger partial charge in [-0.2, -0.15) is 11.8 Å². The van der Waals surface area contributed by atoms with E-state index in [0.29, 0.717) is 11.8 Å². The molecule has 18 heavy (non-hydrogen) atoms. The molecule has 0 amide bonds. The fraction of sp³-hybridized carbons (Fsp3) is 0.571. The van der Waals surface area contributed by atoms with Gasteiger partial charge in [-0.3, -0.25) is 0 Å². The molecule has 0 saturated carbocycles. The average molecular weight is 269 g/mol. The Morgan fingerprint density at radius 1 is 1.33 bits per heavy atom. The molecule has 2 unspecified atom stereocenters. The summed E-state index contributed by atoms with van der Waals surface area (Å²) in [4.78, 5) is 0. The molecule has 0 aliphatic carbocycles. The lowest BCUT2D eigenvalue weighted by molar-refractivity contribution is 0.113. The van der Waals surface area contributed by atoms with Crippen molar-refractivity contribution in [2.75, 3.05) is 24.7 Å². The lowest BCUT2D eigenvalue weighted by Gasteiger charge is -2.19. The molecule has 4 heteroatoms. The van der Waals surface area contributed by atoms with Crippen LogP contribution in [0.15, 0.2) is 24.3 Å². The van der Waals surface area contributed by atoms with Crippen molar-refractivity contribution in [2.45, 2.75) is 26.0 Å². The molecule has 0 aromatic heterocycles. The Labute approximate surface area is 114 Å². The molecule has 0 saturated heterocycles. The minimum absolute atomic E-state index is 0.163. The average Bonchev–Trinajstić information content (AvgIpc) is 2.37. The first-order chi connectivity index (χ1) is 8.67. The Morgan fingerprint density at radius 3 is 2.72 bits per heavy atom. The summed E-state index contributed by atoms with van der Waals surface area (Å²) < 4.78 is 0. The van der Waals surface area contributed by atoms with Crippen molar-refractivity contribution in [2.24, 2.45) is 0 Å². The smallest absolute Gasteiger partial charge is 0.0861 e. The van der Waals surface area contributed by atoms with Crippen LogP contribution in [-0.2, 0) is 0 Å². The third-order valence-corrected chi connectivity index (χ3v) is 3.89. The second kappa shape index (κ2) is 8.53. The van der Waals surface area contributed by atoms with Gasteiger partial charge in [0.25, 0.3) is 0 Å². The predicted molar refractivity (Wildman–Crippen MR) is 78.0 cm³/mol. The molecule has 0 aliphatic rings. The molecular weight excluding hydrogens is 246 g/mol. The first kappa shape index (κ1) is 15.5. The van der Waals surface area contributed by atoms with E-state index in [0.717, 1.165) is 12.3 Å². The molecule has 2 atom stereocenters. The van der Waals surface area contributed by atoms with E-state index in [1.807, 2.05) is 0 Å².